The van der Waals surface area contributed by atoms with Gasteiger partial charge in [0.25, 0.3) is 0 Å². The predicted octanol–water partition coefficient (Wildman–Crippen LogP) is 2.17. The van der Waals surface area contributed by atoms with E-state index in [1.165, 1.54) is 0 Å². The number of anilines is 1. The Morgan fingerprint density at radius 1 is 1.35 bits per heavy atom. The molecule has 126 valence electrons. The summed E-state index contributed by atoms with van der Waals surface area (Å²) < 4.78 is 6.87. The molecule has 6 nitrogen and oxygen atoms in total. The summed E-state index contributed by atoms with van der Waals surface area (Å²) >= 11 is 1.58. The maximum atomic E-state index is 11.7. The van der Waals surface area contributed by atoms with Gasteiger partial charge in [-0.25, -0.2) is 4.98 Å². The first-order valence-electron chi connectivity index (χ1n) is 6.94. The van der Waals surface area contributed by atoms with E-state index < -0.39 is 0 Å². The molecule has 2 aromatic rings. The fraction of sp³-hybridized carbons (Fsp3) is 0.333. The molecule has 1 amide bonds. The Balaban J connectivity index is 0.00000264. The molecular weight excluding hydrogens is 336 g/mol. The molecular formula is C15H21ClN4O2S. The molecule has 0 aliphatic rings. The number of imidazole rings is 1. The van der Waals surface area contributed by atoms with Crippen molar-refractivity contribution in [3.05, 3.63) is 36.7 Å². The maximum absolute atomic E-state index is 11.7. The lowest BCUT2D eigenvalue weighted by Gasteiger charge is -2.07. The van der Waals surface area contributed by atoms with E-state index in [9.17, 15) is 4.79 Å². The lowest BCUT2D eigenvalue weighted by Crippen LogP contribution is -2.30. The molecule has 2 N–H and O–H groups in total. The van der Waals surface area contributed by atoms with Gasteiger partial charge in [0.2, 0.25) is 5.91 Å². The Morgan fingerprint density at radius 2 is 2.09 bits per heavy atom. The first kappa shape index (κ1) is 19.5. The van der Waals surface area contributed by atoms with Gasteiger partial charge in [-0.1, -0.05) is 11.8 Å². The van der Waals surface area contributed by atoms with Crippen LogP contribution in [0.5, 0.6) is 0 Å². The normalized spacial score (nSPS) is 10.2. The molecule has 23 heavy (non-hydrogen) atoms. The van der Waals surface area contributed by atoms with Gasteiger partial charge in [0, 0.05) is 43.7 Å². The smallest absolute Gasteiger partial charge is 0.238 e. The average Bonchev–Trinajstić information content (AvgIpc) is 2.91. The fourth-order valence-electron chi connectivity index (χ4n) is 1.74. The molecule has 0 fully saturated rings. The third kappa shape index (κ3) is 6.62. The molecule has 1 aromatic heterocycles. The van der Waals surface area contributed by atoms with Gasteiger partial charge in [-0.05, 0) is 24.3 Å². The van der Waals surface area contributed by atoms with Gasteiger partial charge in [-0.2, -0.15) is 0 Å². The second-order valence-corrected chi connectivity index (χ2v) is 5.71. The van der Waals surface area contributed by atoms with Crippen LogP contribution in [0.4, 0.5) is 5.69 Å². The molecule has 8 heteroatoms. The molecule has 0 unspecified atom stereocenters. The number of nitrogens with zero attached hydrogens (tertiary/aromatic N) is 2. The number of aryl methyl sites for hydroxylation is 1. The quantitative estimate of drug-likeness (QED) is 0.709. The van der Waals surface area contributed by atoms with Crippen molar-refractivity contribution in [3.63, 3.8) is 0 Å². The van der Waals surface area contributed by atoms with Gasteiger partial charge in [0.1, 0.15) is 0 Å². The van der Waals surface area contributed by atoms with E-state index in [-0.39, 0.29) is 24.9 Å². The lowest BCUT2D eigenvalue weighted by molar-refractivity contribution is -0.115. The van der Waals surface area contributed by atoms with Crippen LogP contribution < -0.4 is 10.6 Å². The van der Waals surface area contributed by atoms with Gasteiger partial charge in [0.15, 0.2) is 5.16 Å². The molecule has 0 aliphatic heterocycles. The van der Waals surface area contributed by atoms with Crippen LogP contribution in [0.2, 0.25) is 0 Å². The summed E-state index contributed by atoms with van der Waals surface area (Å²) in [5, 5.41) is 6.78. The third-order valence-corrected chi connectivity index (χ3v) is 3.98. The van der Waals surface area contributed by atoms with E-state index in [2.05, 4.69) is 15.6 Å². The molecule has 1 heterocycles. The number of ether oxygens (including phenoxy) is 1. The Labute approximate surface area is 146 Å². The summed E-state index contributed by atoms with van der Waals surface area (Å²) in [5.74, 6) is -0.0689. The van der Waals surface area contributed by atoms with E-state index in [1.54, 1.807) is 25.1 Å². The summed E-state index contributed by atoms with van der Waals surface area (Å²) in [6.45, 7) is 1.52. The highest BCUT2D eigenvalue weighted by atomic mass is 35.5. The van der Waals surface area contributed by atoms with Gasteiger partial charge >= 0.3 is 0 Å². The fourth-order valence-corrected chi connectivity index (χ4v) is 2.54. The van der Waals surface area contributed by atoms with Crippen LogP contribution in [-0.4, -0.2) is 42.3 Å². The van der Waals surface area contributed by atoms with E-state index in [0.29, 0.717) is 13.2 Å². The molecule has 0 atom stereocenters. The molecule has 2 rings (SSSR count). The van der Waals surface area contributed by atoms with Crippen LogP contribution in [0.1, 0.15) is 0 Å². The van der Waals surface area contributed by atoms with Crippen molar-refractivity contribution in [2.75, 3.05) is 32.1 Å². The number of nitrogens with one attached hydrogen (secondary N) is 2. The number of hydrogen-bond acceptors (Lipinski definition) is 5. The zero-order valence-electron chi connectivity index (χ0n) is 13.1. The van der Waals surface area contributed by atoms with Gasteiger partial charge < -0.3 is 19.9 Å². The van der Waals surface area contributed by atoms with Crippen molar-refractivity contribution < 1.29 is 9.53 Å². The van der Waals surface area contributed by atoms with Crippen molar-refractivity contribution in [2.45, 2.75) is 10.1 Å². The standard InChI is InChI=1S/C15H20N4O2S.ClH/c1-19-9-7-17-15(19)22-13-5-3-12(4-6-13)18-14(20)11-16-8-10-21-2;/h3-7,9,16H,8,10-11H2,1-2H3,(H,18,20);1H. The number of rotatable bonds is 8. The second kappa shape index (κ2) is 10.3. The SMILES string of the molecule is COCCNCC(=O)Nc1ccc(Sc2nccn2C)cc1.Cl. The number of benzene rings is 1. The van der Waals surface area contributed by atoms with E-state index >= 15 is 0 Å². The van der Waals surface area contributed by atoms with E-state index in [4.69, 9.17) is 4.74 Å². The maximum Gasteiger partial charge on any atom is 0.238 e. The summed E-state index contributed by atoms with van der Waals surface area (Å²) in [6.07, 6.45) is 3.68. The minimum atomic E-state index is -0.0689. The van der Waals surface area contributed by atoms with Crippen molar-refractivity contribution in [1.29, 1.82) is 0 Å². The van der Waals surface area contributed by atoms with Crippen LogP contribution in [-0.2, 0) is 16.6 Å². The lowest BCUT2D eigenvalue weighted by atomic mass is 10.3. The highest BCUT2D eigenvalue weighted by Crippen LogP contribution is 2.26. The summed E-state index contributed by atoms with van der Waals surface area (Å²) in [7, 11) is 3.59. The largest absolute Gasteiger partial charge is 0.383 e. The topological polar surface area (TPSA) is 68.2 Å². The molecule has 0 saturated heterocycles. The first-order chi connectivity index (χ1) is 10.7. The number of carbonyl (C=O) groups excluding carboxylic acids is 1. The summed E-state index contributed by atoms with van der Waals surface area (Å²) in [5.41, 5.74) is 0.780. The van der Waals surface area contributed by atoms with Crippen LogP contribution in [0, 0.1) is 0 Å². The van der Waals surface area contributed by atoms with Crippen molar-refractivity contribution in [3.8, 4) is 0 Å². The van der Waals surface area contributed by atoms with Gasteiger partial charge in [0.05, 0.1) is 13.2 Å². The molecule has 1 aromatic carbocycles. The van der Waals surface area contributed by atoms with Crippen molar-refractivity contribution >= 4 is 35.8 Å². The number of aromatic nitrogens is 2. The van der Waals surface area contributed by atoms with Crippen LogP contribution in [0.25, 0.3) is 0 Å². The molecule has 0 bridgehead atoms. The number of hydrogen-bond donors (Lipinski definition) is 2. The minimum Gasteiger partial charge on any atom is -0.383 e. The highest BCUT2D eigenvalue weighted by molar-refractivity contribution is 7.99. The van der Waals surface area contributed by atoms with Crippen LogP contribution >= 0.6 is 24.2 Å². The Hall–Kier alpha value is -1.54. The number of methoxy groups -OCH3 is 1. The zero-order chi connectivity index (χ0) is 15.8. The van der Waals surface area contributed by atoms with Crippen LogP contribution in [0.15, 0.2) is 46.7 Å². The zero-order valence-corrected chi connectivity index (χ0v) is 14.7. The average molecular weight is 357 g/mol. The predicted molar refractivity (Wildman–Crippen MR) is 94.4 cm³/mol. The Morgan fingerprint density at radius 3 is 2.70 bits per heavy atom. The van der Waals surface area contributed by atoms with Gasteiger partial charge in [-0.3, -0.25) is 4.79 Å². The van der Waals surface area contributed by atoms with Crippen molar-refractivity contribution in [1.82, 2.24) is 14.9 Å². The monoisotopic (exact) mass is 356 g/mol. The van der Waals surface area contributed by atoms with Crippen molar-refractivity contribution in [2.24, 2.45) is 7.05 Å². The highest BCUT2D eigenvalue weighted by Gasteiger charge is 2.04. The van der Waals surface area contributed by atoms with E-state index in [1.807, 2.05) is 42.1 Å². The molecule has 0 aliphatic carbocycles. The third-order valence-electron chi connectivity index (χ3n) is 2.89. The summed E-state index contributed by atoms with van der Waals surface area (Å²) in [4.78, 5) is 17.1. The molecule has 0 saturated carbocycles. The first-order valence-corrected chi connectivity index (χ1v) is 7.75. The number of amides is 1. The van der Waals surface area contributed by atoms with E-state index in [0.717, 1.165) is 15.7 Å². The molecule has 0 spiro atoms. The number of halogens is 1. The van der Waals surface area contributed by atoms with Gasteiger partial charge in [-0.15, -0.1) is 12.4 Å². The second-order valence-electron chi connectivity index (χ2n) is 4.66. The minimum absolute atomic E-state index is 0. The number of carbonyl (C=O) groups is 1. The Bertz CT molecular complexity index is 604. The Kier molecular flexibility index (Phi) is 8.71. The van der Waals surface area contributed by atoms with Crippen LogP contribution in [0.3, 0.4) is 0 Å². The molecule has 0 radical (unpaired) electrons. The summed E-state index contributed by atoms with van der Waals surface area (Å²) in [6, 6.07) is 7.71.